The maximum Gasteiger partial charge on any atom is 0.339 e. The lowest BCUT2D eigenvalue weighted by molar-refractivity contribution is -0.141. The normalized spacial score (nSPS) is 14.6. The molecule has 0 aromatic carbocycles. The predicted molar refractivity (Wildman–Crippen MR) is 36.6 cm³/mol. The van der Waals surface area contributed by atoms with Crippen LogP contribution in [0, 0.1) is 0 Å². The van der Waals surface area contributed by atoms with Crippen molar-refractivity contribution >= 4 is 12.0 Å². The Balaban J connectivity index is 4.14. The molecule has 7 heteroatoms. The third-order valence-corrected chi connectivity index (χ3v) is 1.14. The molecule has 2 amide bonds. The number of carbonyl (C=O) groups excluding carboxylic acids is 1. The fraction of sp³-hybridized carbons (Fsp3) is 0.600. The fourth-order valence-electron chi connectivity index (χ4n) is 0.562. The lowest BCUT2D eigenvalue weighted by Gasteiger charge is -2.15. The molecule has 0 fully saturated rings. The number of nitrogens with one attached hydrogen (secondary N) is 2. The van der Waals surface area contributed by atoms with Crippen molar-refractivity contribution in [3.8, 4) is 0 Å². The predicted octanol–water partition coefficient (Wildman–Crippen LogP) is -1.49. The summed E-state index contributed by atoms with van der Waals surface area (Å²) in [5, 5.41) is 27.1. The number of hydrogen-bond donors (Lipinski definition) is 5. The Labute approximate surface area is 68.0 Å². The van der Waals surface area contributed by atoms with E-state index >= 15 is 0 Å². The number of aliphatic carboxylic acids is 1. The Hall–Kier alpha value is -1.34. The molecule has 5 N–H and O–H groups in total. The van der Waals surface area contributed by atoms with Crippen LogP contribution in [0.4, 0.5) is 4.79 Å². The molecule has 0 rings (SSSR count). The van der Waals surface area contributed by atoms with Crippen molar-refractivity contribution in [2.24, 2.45) is 0 Å². The standard InChI is InChI=1S/C5H10N2O5/c1-2(8)3(4(9)10)6-5(11)7-12/h2-3,8,12H,1H3,(H,9,10)(H2,6,7,11)/t2?,3-/m0/s1. The van der Waals surface area contributed by atoms with Crippen LogP contribution >= 0.6 is 0 Å². The molecule has 0 aromatic heterocycles. The van der Waals surface area contributed by atoms with Crippen LogP contribution in [0.3, 0.4) is 0 Å². The smallest absolute Gasteiger partial charge is 0.339 e. The average Bonchev–Trinajstić information content (AvgIpc) is 1.98. The molecule has 0 aliphatic heterocycles. The number of rotatable bonds is 3. The minimum Gasteiger partial charge on any atom is -0.480 e. The maximum absolute atomic E-state index is 10.4. The number of carbonyl (C=O) groups is 2. The van der Waals surface area contributed by atoms with Gasteiger partial charge < -0.3 is 15.5 Å². The summed E-state index contributed by atoms with van der Waals surface area (Å²) in [6.45, 7) is 1.20. The summed E-state index contributed by atoms with van der Waals surface area (Å²) in [6, 6.07) is -2.51. The molecule has 0 bridgehead atoms. The van der Waals surface area contributed by atoms with E-state index in [0.717, 1.165) is 0 Å². The summed E-state index contributed by atoms with van der Waals surface area (Å²) in [4.78, 5) is 20.7. The van der Waals surface area contributed by atoms with Crippen molar-refractivity contribution in [1.82, 2.24) is 10.8 Å². The van der Waals surface area contributed by atoms with Gasteiger partial charge in [0.15, 0.2) is 6.04 Å². The molecule has 0 saturated carbocycles. The summed E-state index contributed by atoms with van der Waals surface area (Å²) in [6.07, 6.45) is -1.24. The lowest BCUT2D eigenvalue weighted by Crippen LogP contribution is -2.50. The Morgan fingerprint density at radius 3 is 2.17 bits per heavy atom. The van der Waals surface area contributed by atoms with E-state index in [2.05, 4.69) is 0 Å². The molecule has 0 aliphatic rings. The first-order chi connectivity index (χ1) is 5.49. The monoisotopic (exact) mass is 178 g/mol. The first-order valence-corrected chi connectivity index (χ1v) is 3.10. The van der Waals surface area contributed by atoms with E-state index in [9.17, 15) is 9.59 Å². The zero-order valence-electron chi connectivity index (χ0n) is 6.31. The summed E-state index contributed by atoms with van der Waals surface area (Å²) in [5.41, 5.74) is 1.18. The molecule has 0 aromatic rings. The van der Waals surface area contributed by atoms with Gasteiger partial charge in [-0.2, -0.15) is 0 Å². The van der Waals surface area contributed by atoms with Gasteiger partial charge in [-0.15, -0.1) is 0 Å². The van der Waals surface area contributed by atoms with E-state index in [-0.39, 0.29) is 0 Å². The lowest BCUT2D eigenvalue weighted by atomic mass is 10.2. The minimum atomic E-state index is -1.43. The number of amides is 2. The quantitative estimate of drug-likeness (QED) is 0.266. The number of aliphatic hydroxyl groups is 1. The number of hydrogen-bond acceptors (Lipinski definition) is 4. The zero-order chi connectivity index (χ0) is 9.72. The topological polar surface area (TPSA) is 119 Å². The van der Waals surface area contributed by atoms with Gasteiger partial charge in [0.1, 0.15) is 0 Å². The van der Waals surface area contributed by atoms with Crippen molar-refractivity contribution in [3.05, 3.63) is 0 Å². The highest BCUT2D eigenvalue weighted by Gasteiger charge is 2.24. The van der Waals surface area contributed by atoms with Crippen molar-refractivity contribution in [3.63, 3.8) is 0 Å². The molecule has 1 unspecified atom stereocenters. The summed E-state index contributed by atoms with van der Waals surface area (Å²) < 4.78 is 0. The average molecular weight is 178 g/mol. The molecule has 70 valence electrons. The summed E-state index contributed by atoms with van der Waals surface area (Å²) in [5.74, 6) is -1.38. The minimum absolute atomic E-state index is 1.08. The second-order valence-electron chi connectivity index (χ2n) is 2.14. The third-order valence-electron chi connectivity index (χ3n) is 1.14. The van der Waals surface area contributed by atoms with E-state index in [1.54, 1.807) is 0 Å². The molecule has 2 atom stereocenters. The first-order valence-electron chi connectivity index (χ1n) is 3.10. The van der Waals surface area contributed by atoms with Crippen LogP contribution in [0.1, 0.15) is 6.92 Å². The third kappa shape index (κ3) is 3.17. The molecule has 0 heterocycles. The van der Waals surface area contributed by atoms with E-state index in [1.807, 2.05) is 5.32 Å². The van der Waals surface area contributed by atoms with Gasteiger partial charge in [-0.05, 0) is 6.92 Å². The molecule has 0 radical (unpaired) electrons. The van der Waals surface area contributed by atoms with Gasteiger partial charge in [-0.3, -0.25) is 5.21 Å². The van der Waals surface area contributed by atoms with Crippen LogP contribution in [0.25, 0.3) is 0 Å². The van der Waals surface area contributed by atoms with Gasteiger partial charge in [0.25, 0.3) is 0 Å². The van der Waals surface area contributed by atoms with Crippen molar-refractivity contribution < 1.29 is 25.0 Å². The van der Waals surface area contributed by atoms with Crippen LogP contribution in [0.15, 0.2) is 0 Å². The van der Waals surface area contributed by atoms with Crippen LogP contribution in [-0.2, 0) is 4.79 Å². The summed E-state index contributed by atoms with van der Waals surface area (Å²) >= 11 is 0. The highest BCUT2D eigenvalue weighted by molar-refractivity contribution is 5.82. The van der Waals surface area contributed by atoms with E-state index in [0.29, 0.717) is 0 Å². The van der Waals surface area contributed by atoms with Crippen LogP contribution in [0.5, 0.6) is 0 Å². The highest BCUT2D eigenvalue weighted by Crippen LogP contribution is 1.91. The Bertz CT molecular complexity index is 181. The van der Waals surface area contributed by atoms with Crippen LogP contribution in [-0.4, -0.2) is 39.6 Å². The second-order valence-corrected chi connectivity index (χ2v) is 2.14. The fourth-order valence-corrected chi connectivity index (χ4v) is 0.562. The van der Waals surface area contributed by atoms with Gasteiger partial charge in [-0.1, -0.05) is 0 Å². The van der Waals surface area contributed by atoms with Gasteiger partial charge in [-0.25, -0.2) is 15.1 Å². The van der Waals surface area contributed by atoms with Crippen molar-refractivity contribution in [1.29, 1.82) is 0 Å². The van der Waals surface area contributed by atoms with Crippen molar-refractivity contribution in [2.75, 3.05) is 0 Å². The molecule has 0 spiro atoms. The van der Waals surface area contributed by atoms with Gasteiger partial charge in [0.2, 0.25) is 0 Å². The van der Waals surface area contributed by atoms with Crippen LogP contribution in [0.2, 0.25) is 0 Å². The number of aliphatic hydroxyl groups excluding tert-OH is 1. The molecule has 0 aliphatic carbocycles. The van der Waals surface area contributed by atoms with Gasteiger partial charge >= 0.3 is 12.0 Å². The molecular formula is C5H10N2O5. The zero-order valence-corrected chi connectivity index (χ0v) is 6.31. The SMILES string of the molecule is CC(O)[C@H](NC(=O)NO)C(=O)O. The largest absolute Gasteiger partial charge is 0.480 e. The van der Waals surface area contributed by atoms with E-state index < -0.39 is 24.1 Å². The van der Waals surface area contributed by atoms with E-state index in [4.69, 9.17) is 15.4 Å². The number of hydroxylamine groups is 1. The van der Waals surface area contributed by atoms with Crippen molar-refractivity contribution in [2.45, 2.75) is 19.1 Å². The molecule has 7 nitrogen and oxygen atoms in total. The van der Waals surface area contributed by atoms with Gasteiger partial charge in [0.05, 0.1) is 6.10 Å². The number of carboxylic acid groups (broad SMARTS) is 1. The van der Waals surface area contributed by atoms with Gasteiger partial charge in [0, 0.05) is 0 Å². The second kappa shape index (κ2) is 4.52. The molecular weight excluding hydrogens is 168 g/mol. The summed E-state index contributed by atoms with van der Waals surface area (Å²) in [7, 11) is 0. The number of urea groups is 1. The Kier molecular flexibility index (Phi) is 4.02. The first kappa shape index (κ1) is 10.7. The molecule has 12 heavy (non-hydrogen) atoms. The number of carboxylic acids is 1. The molecule has 0 saturated heterocycles. The van der Waals surface area contributed by atoms with E-state index in [1.165, 1.54) is 12.4 Å². The Morgan fingerprint density at radius 1 is 1.42 bits per heavy atom. The van der Waals surface area contributed by atoms with Crippen LogP contribution < -0.4 is 10.8 Å². The maximum atomic E-state index is 10.4. The Morgan fingerprint density at radius 2 is 1.92 bits per heavy atom. The highest BCUT2D eigenvalue weighted by atomic mass is 16.5.